The Bertz CT molecular complexity index is 516. The van der Waals surface area contributed by atoms with Crippen molar-refractivity contribution < 1.29 is 27.4 Å². The van der Waals surface area contributed by atoms with Gasteiger partial charge in [0.25, 0.3) is 0 Å². The Morgan fingerprint density at radius 3 is 2.45 bits per heavy atom. The summed E-state index contributed by atoms with van der Waals surface area (Å²) in [4.78, 5) is 12.1. The molecular weight excluding hydrogens is 299 g/mol. The molecule has 0 spiro atoms. The van der Waals surface area contributed by atoms with E-state index in [4.69, 9.17) is 9.47 Å². The lowest BCUT2D eigenvalue weighted by molar-refractivity contribution is -0.165. The predicted octanol–water partition coefficient (Wildman–Crippen LogP) is 2.84. The van der Waals surface area contributed by atoms with Crippen molar-refractivity contribution in [1.29, 1.82) is 0 Å². The Labute approximate surface area is 126 Å². The highest BCUT2D eigenvalue weighted by atomic mass is 19.4. The lowest BCUT2D eigenvalue weighted by atomic mass is 9.99. The normalized spacial score (nSPS) is 23.1. The molecule has 0 aromatic heterocycles. The van der Waals surface area contributed by atoms with Crippen LogP contribution in [0.5, 0.6) is 5.75 Å². The summed E-state index contributed by atoms with van der Waals surface area (Å²) in [5.74, 6) is -0.736. The van der Waals surface area contributed by atoms with Crippen molar-refractivity contribution in [2.45, 2.75) is 31.7 Å². The third-order valence-corrected chi connectivity index (χ3v) is 3.78. The molecule has 0 saturated carbocycles. The quantitative estimate of drug-likeness (QED) is 0.929. The maximum atomic E-state index is 13.3. The second kappa shape index (κ2) is 6.56. The molecule has 1 aromatic carbocycles. The Morgan fingerprint density at radius 2 is 2.00 bits per heavy atom. The molecule has 1 aliphatic rings. The van der Waals surface area contributed by atoms with Crippen LogP contribution in [0.3, 0.4) is 0 Å². The van der Waals surface area contributed by atoms with Crippen LogP contribution in [0.4, 0.5) is 13.2 Å². The zero-order valence-corrected chi connectivity index (χ0v) is 12.3. The molecular formula is C15H18F3NO3. The molecule has 3 atom stereocenters. The molecule has 0 radical (unpaired) electrons. The van der Waals surface area contributed by atoms with E-state index >= 15 is 0 Å². The molecule has 122 valence electrons. The van der Waals surface area contributed by atoms with E-state index < -0.39 is 24.0 Å². The number of benzene rings is 1. The molecule has 1 fully saturated rings. The number of ether oxygens (including phenoxy) is 2. The third kappa shape index (κ3) is 3.71. The van der Waals surface area contributed by atoms with Gasteiger partial charge in [-0.1, -0.05) is 12.1 Å². The largest absolute Gasteiger partial charge is 0.497 e. The van der Waals surface area contributed by atoms with E-state index in [0.717, 1.165) is 0 Å². The van der Waals surface area contributed by atoms with E-state index in [1.54, 1.807) is 6.92 Å². The van der Waals surface area contributed by atoms with Gasteiger partial charge in [0.15, 0.2) is 6.04 Å². The Morgan fingerprint density at radius 1 is 1.36 bits per heavy atom. The van der Waals surface area contributed by atoms with Gasteiger partial charge in [-0.25, -0.2) is 0 Å². The average Bonchev–Trinajstić information content (AvgIpc) is 2.90. The van der Waals surface area contributed by atoms with Gasteiger partial charge in [0.1, 0.15) is 5.75 Å². The summed E-state index contributed by atoms with van der Waals surface area (Å²) in [5.41, 5.74) is -0.0341. The van der Waals surface area contributed by atoms with Crippen LogP contribution in [0.15, 0.2) is 24.3 Å². The van der Waals surface area contributed by atoms with Crippen LogP contribution in [0, 0.1) is 5.92 Å². The van der Waals surface area contributed by atoms with Crippen LogP contribution in [-0.2, 0) is 9.53 Å². The smallest absolute Gasteiger partial charge is 0.412 e. The number of amides is 1. The first kappa shape index (κ1) is 16.6. The van der Waals surface area contributed by atoms with Crippen molar-refractivity contribution in [3.63, 3.8) is 0 Å². The summed E-state index contributed by atoms with van der Waals surface area (Å²) < 4.78 is 49.9. The average molecular weight is 317 g/mol. The van der Waals surface area contributed by atoms with Crippen molar-refractivity contribution in [2.75, 3.05) is 13.7 Å². The number of hydrogen-bond acceptors (Lipinski definition) is 3. The van der Waals surface area contributed by atoms with Crippen molar-refractivity contribution in [3.05, 3.63) is 29.8 Å². The van der Waals surface area contributed by atoms with E-state index in [1.807, 2.05) is 0 Å². The highest BCUT2D eigenvalue weighted by Gasteiger charge is 2.43. The van der Waals surface area contributed by atoms with Crippen molar-refractivity contribution in [2.24, 2.45) is 5.92 Å². The van der Waals surface area contributed by atoms with E-state index in [0.29, 0.717) is 18.8 Å². The van der Waals surface area contributed by atoms with Crippen molar-refractivity contribution in [3.8, 4) is 5.75 Å². The monoisotopic (exact) mass is 317 g/mol. The number of methoxy groups -OCH3 is 1. The van der Waals surface area contributed by atoms with E-state index in [-0.39, 0.29) is 11.7 Å². The molecule has 22 heavy (non-hydrogen) atoms. The predicted molar refractivity (Wildman–Crippen MR) is 73.5 cm³/mol. The van der Waals surface area contributed by atoms with Gasteiger partial charge in [0, 0.05) is 6.61 Å². The van der Waals surface area contributed by atoms with Crippen LogP contribution in [0.2, 0.25) is 0 Å². The molecule has 1 heterocycles. The van der Waals surface area contributed by atoms with Gasteiger partial charge in [-0.05, 0) is 31.0 Å². The molecule has 3 unspecified atom stereocenters. The summed E-state index contributed by atoms with van der Waals surface area (Å²) in [5, 5.41) is 2.10. The van der Waals surface area contributed by atoms with Gasteiger partial charge in [-0.3, -0.25) is 4.79 Å². The maximum absolute atomic E-state index is 13.3. The van der Waals surface area contributed by atoms with Gasteiger partial charge in [-0.15, -0.1) is 0 Å². The Balaban J connectivity index is 2.17. The summed E-state index contributed by atoms with van der Waals surface area (Å²) in [6, 6.07) is 3.42. The van der Waals surface area contributed by atoms with Crippen LogP contribution in [-0.4, -0.2) is 31.9 Å². The molecule has 1 aromatic rings. The highest BCUT2D eigenvalue weighted by Crippen LogP contribution is 2.34. The second-order valence-electron chi connectivity index (χ2n) is 5.23. The molecule has 1 aliphatic heterocycles. The molecule has 2 rings (SSSR count). The number of carbonyl (C=O) groups is 1. The fourth-order valence-corrected chi connectivity index (χ4v) is 2.48. The topological polar surface area (TPSA) is 47.6 Å². The molecule has 1 saturated heterocycles. The SMILES string of the molecule is COc1ccc(C(NC(=O)C2CCOC2C)C(F)(F)F)cc1. The van der Waals surface area contributed by atoms with Gasteiger partial charge in [-0.2, -0.15) is 13.2 Å². The first-order valence-corrected chi connectivity index (χ1v) is 6.95. The molecule has 0 bridgehead atoms. The van der Waals surface area contributed by atoms with Gasteiger partial charge in [0.05, 0.1) is 19.1 Å². The number of carbonyl (C=O) groups excluding carboxylic acids is 1. The molecule has 0 aliphatic carbocycles. The molecule has 1 N–H and O–H groups in total. The Kier molecular flexibility index (Phi) is 4.95. The standard InChI is InChI=1S/C15H18F3NO3/c1-9-12(7-8-22-9)14(20)19-13(15(16,17)18)10-3-5-11(21-2)6-4-10/h3-6,9,12-13H,7-8H2,1-2H3,(H,19,20). The molecule has 4 nitrogen and oxygen atoms in total. The summed E-state index contributed by atoms with van der Waals surface area (Å²) in [6.07, 6.45) is -4.52. The minimum Gasteiger partial charge on any atom is -0.497 e. The number of alkyl halides is 3. The molecule has 7 heteroatoms. The van der Waals surface area contributed by atoms with Gasteiger partial charge >= 0.3 is 6.18 Å². The van der Waals surface area contributed by atoms with Crippen LogP contribution in [0.25, 0.3) is 0 Å². The molecule has 1 amide bonds. The zero-order chi connectivity index (χ0) is 16.3. The fourth-order valence-electron chi connectivity index (χ4n) is 2.48. The lowest BCUT2D eigenvalue weighted by Gasteiger charge is -2.24. The maximum Gasteiger partial charge on any atom is 0.412 e. The first-order valence-electron chi connectivity index (χ1n) is 6.95. The van der Waals surface area contributed by atoms with E-state index in [2.05, 4.69) is 5.32 Å². The number of hydrogen-bond donors (Lipinski definition) is 1. The third-order valence-electron chi connectivity index (χ3n) is 3.78. The van der Waals surface area contributed by atoms with Gasteiger partial charge in [0.2, 0.25) is 5.91 Å². The highest BCUT2D eigenvalue weighted by molar-refractivity contribution is 5.80. The number of halogens is 3. The fraction of sp³-hybridized carbons (Fsp3) is 0.533. The van der Waals surface area contributed by atoms with Crippen LogP contribution in [0.1, 0.15) is 24.9 Å². The first-order chi connectivity index (χ1) is 10.3. The van der Waals surface area contributed by atoms with Crippen LogP contribution < -0.4 is 10.1 Å². The summed E-state index contributed by atoms with van der Waals surface area (Å²) in [6.45, 7) is 2.08. The minimum absolute atomic E-state index is 0.0341. The second-order valence-corrected chi connectivity index (χ2v) is 5.23. The lowest BCUT2D eigenvalue weighted by Crippen LogP contribution is -2.42. The van der Waals surface area contributed by atoms with Crippen LogP contribution >= 0.6 is 0 Å². The van der Waals surface area contributed by atoms with Crippen molar-refractivity contribution in [1.82, 2.24) is 5.32 Å². The Hall–Kier alpha value is -1.76. The zero-order valence-electron chi connectivity index (χ0n) is 12.3. The van der Waals surface area contributed by atoms with Gasteiger partial charge < -0.3 is 14.8 Å². The number of rotatable bonds is 4. The number of nitrogens with one attached hydrogen (secondary N) is 1. The van der Waals surface area contributed by atoms with Crippen molar-refractivity contribution >= 4 is 5.91 Å². The summed E-state index contributed by atoms with van der Waals surface area (Å²) in [7, 11) is 1.43. The summed E-state index contributed by atoms with van der Waals surface area (Å²) >= 11 is 0. The van der Waals surface area contributed by atoms with E-state index in [9.17, 15) is 18.0 Å². The van der Waals surface area contributed by atoms with E-state index in [1.165, 1.54) is 31.4 Å². The minimum atomic E-state index is -4.58.